The molecule has 0 radical (unpaired) electrons. The number of nitro benzene ring substituents is 1. The summed E-state index contributed by atoms with van der Waals surface area (Å²) in [5.74, 6) is 2.27. The highest BCUT2D eigenvalue weighted by Gasteiger charge is 2.30. The lowest BCUT2D eigenvalue weighted by Gasteiger charge is -2.34. The van der Waals surface area contributed by atoms with Gasteiger partial charge in [0, 0.05) is 43.9 Å². The molecule has 0 N–H and O–H groups in total. The monoisotopic (exact) mass is 483 g/mol. The van der Waals surface area contributed by atoms with Crippen LogP contribution in [0.4, 0.5) is 11.5 Å². The lowest BCUT2D eigenvalue weighted by Crippen LogP contribution is -2.49. The summed E-state index contributed by atoms with van der Waals surface area (Å²) in [6.45, 7) is 6.62. The molecule has 1 fully saturated rings. The van der Waals surface area contributed by atoms with Crippen LogP contribution >= 0.6 is 0 Å². The number of aromatic nitrogens is 2. The maximum absolute atomic E-state index is 13.1. The molecule has 4 rings (SSSR count). The van der Waals surface area contributed by atoms with Crippen LogP contribution in [0.3, 0.4) is 0 Å². The Balaban J connectivity index is 1.48. The Kier molecular flexibility index (Phi) is 6.49. The molecule has 0 amide bonds. The van der Waals surface area contributed by atoms with E-state index >= 15 is 0 Å². The fourth-order valence-corrected chi connectivity index (χ4v) is 5.16. The highest BCUT2D eigenvalue weighted by Crippen LogP contribution is 2.27. The second kappa shape index (κ2) is 9.35. The largest absolute Gasteiger partial charge is 0.439 e. The Morgan fingerprint density at radius 2 is 1.62 bits per heavy atom. The minimum absolute atomic E-state index is 0.0788. The Morgan fingerprint density at radius 3 is 2.26 bits per heavy atom. The molecule has 0 atom stereocenters. The summed E-state index contributed by atoms with van der Waals surface area (Å²) in [7, 11) is -3.86. The number of hydrogen-bond donors (Lipinski definition) is 0. The van der Waals surface area contributed by atoms with E-state index in [1.807, 2.05) is 36.1 Å². The molecular formula is C23H25N5O5S. The number of ether oxygens (including phenoxy) is 1. The molecule has 0 unspecified atom stereocenters. The van der Waals surface area contributed by atoms with Gasteiger partial charge in [0.1, 0.15) is 17.4 Å². The molecule has 3 aromatic rings. The molecule has 0 bridgehead atoms. The van der Waals surface area contributed by atoms with Crippen LogP contribution in [0.25, 0.3) is 0 Å². The quantitative estimate of drug-likeness (QED) is 0.385. The van der Waals surface area contributed by atoms with Gasteiger partial charge in [-0.05, 0) is 39.0 Å². The van der Waals surface area contributed by atoms with Crippen LogP contribution in [-0.4, -0.2) is 53.8 Å². The summed E-state index contributed by atoms with van der Waals surface area (Å²) in [4.78, 5) is 21.4. The van der Waals surface area contributed by atoms with Crippen molar-refractivity contribution >= 4 is 21.5 Å². The van der Waals surface area contributed by atoms with Crippen molar-refractivity contribution in [2.75, 3.05) is 31.1 Å². The number of aryl methyl sites for hydroxylation is 3. The predicted octanol–water partition coefficient (Wildman–Crippen LogP) is 3.61. The van der Waals surface area contributed by atoms with E-state index in [0.717, 1.165) is 11.6 Å². The molecule has 0 spiro atoms. The second-order valence-corrected chi connectivity index (χ2v) is 10.1. The number of rotatable bonds is 6. The first kappa shape index (κ1) is 23.6. The number of benzene rings is 2. The number of nitrogens with zero attached hydrogens (tertiary/aromatic N) is 5. The number of hydrogen-bond acceptors (Lipinski definition) is 8. The normalized spacial score (nSPS) is 14.7. The van der Waals surface area contributed by atoms with E-state index < -0.39 is 14.9 Å². The van der Waals surface area contributed by atoms with Crippen molar-refractivity contribution in [2.45, 2.75) is 25.7 Å². The van der Waals surface area contributed by atoms with E-state index in [-0.39, 0.29) is 23.7 Å². The predicted molar refractivity (Wildman–Crippen MR) is 127 cm³/mol. The van der Waals surface area contributed by atoms with Gasteiger partial charge in [0.25, 0.3) is 5.69 Å². The Bertz CT molecular complexity index is 1320. The highest BCUT2D eigenvalue weighted by molar-refractivity contribution is 7.89. The first-order valence-corrected chi connectivity index (χ1v) is 12.2. The topological polar surface area (TPSA) is 119 Å². The maximum Gasteiger partial charge on any atom is 0.273 e. The van der Waals surface area contributed by atoms with E-state index in [1.54, 1.807) is 19.9 Å². The standard InChI is InChI=1S/C23H25N5O5S/c1-16-4-7-19(8-5-16)33-23-15-22(24-18(3)25-23)26-10-12-27(13-11-26)34(31,32)20-9-6-17(2)21(14-20)28(29)30/h4-9,14-15H,10-13H2,1-3H3. The fraction of sp³-hybridized carbons (Fsp3) is 0.304. The first-order valence-electron chi connectivity index (χ1n) is 10.7. The Morgan fingerprint density at radius 1 is 0.941 bits per heavy atom. The molecule has 10 nitrogen and oxygen atoms in total. The van der Waals surface area contributed by atoms with Gasteiger partial charge in [0.2, 0.25) is 15.9 Å². The molecule has 34 heavy (non-hydrogen) atoms. The third-order valence-corrected chi connectivity index (χ3v) is 7.52. The summed E-state index contributed by atoms with van der Waals surface area (Å²) in [6, 6.07) is 13.4. The molecule has 1 saturated heterocycles. The fourth-order valence-electron chi connectivity index (χ4n) is 3.72. The second-order valence-electron chi connectivity index (χ2n) is 8.12. The molecule has 1 aromatic heterocycles. The van der Waals surface area contributed by atoms with Crippen molar-refractivity contribution in [1.82, 2.24) is 14.3 Å². The van der Waals surface area contributed by atoms with E-state index in [2.05, 4.69) is 9.97 Å². The average molecular weight is 484 g/mol. The van der Waals surface area contributed by atoms with Gasteiger partial charge < -0.3 is 9.64 Å². The van der Waals surface area contributed by atoms with Gasteiger partial charge in [-0.15, -0.1) is 0 Å². The smallest absolute Gasteiger partial charge is 0.273 e. The van der Waals surface area contributed by atoms with Gasteiger partial charge in [0.15, 0.2) is 0 Å². The highest BCUT2D eigenvalue weighted by atomic mass is 32.2. The summed E-state index contributed by atoms with van der Waals surface area (Å²) in [6.07, 6.45) is 0. The minimum Gasteiger partial charge on any atom is -0.439 e. The van der Waals surface area contributed by atoms with E-state index in [4.69, 9.17) is 4.74 Å². The molecule has 0 aliphatic carbocycles. The van der Waals surface area contributed by atoms with Gasteiger partial charge in [-0.1, -0.05) is 23.8 Å². The molecule has 178 valence electrons. The number of piperazine rings is 1. The van der Waals surface area contributed by atoms with Crippen molar-refractivity contribution in [2.24, 2.45) is 0 Å². The van der Waals surface area contributed by atoms with Gasteiger partial charge in [-0.2, -0.15) is 9.29 Å². The summed E-state index contributed by atoms with van der Waals surface area (Å²) >= 11 is 0. The van der Waals surface area contributed by atoms with E-state index in [1.165, 1.54) is 16.4 Å². The number of sulfonamides is 1. The first-order chi connectivity index (χ1) is 16.1. The van der Waals surface area contributed by atoms with Gasteiger partial charge in [-0.3, -0.25) is 10.1 Å². The molecule has 2 heterocycles. The van der Waals surface area contributed by atoms with Crippen LogP contribution in [-0.2, 0) is 10.0 Å². The lowest BCUT2D eigenvalue weighted by atomic mass is 10.2. The molecule has 1 aliphatic rings. The van der Waals surface area contributed by atoms with Crippen molar-refractivity contribution in [3.63, 3.8) is 0 Å². The third kappa shape index (κ3) is 5.00. The van der Waals surface area contributed by atoms with Crippen LogP contribution in [0.1, 0.15) is 17.0 Å². The SMILES string of the molecule is Cc1ccc(Oc2cc(N3CCN(S(=O)(=O)c4ccc(C)c([N+](=O)[O-])c4)CC3)nc(C)n2)cc1. The van der Waals surface area contributed by atoms with Crippen LogP contribution in [0.5, 0.6) is 11.6 Å². The summed E-state index contributed by atoms with van der Waals surface area (Å²) < 4.78 is 33.4. The van der Waals surface area contributed by atoms with Crippen molar-refractivity contribution < 1.29 is 18.1 Å². The zero-order valence-electron chi connectivity index (χ0n) is 19.1. The van der Waals surface area contributed by atoms with Gasteiger partial charge in [-0.25, -0.2) is 13.4 Å². The van der Waals surface area contributed by atoms with Crippen molar-refractivity contribution in [3.05, 3.63) is 75.6 Å². The van der Waals surface area contributed by atoms with Crippen LogP contribution < -0.4 is 9.64 Å². The van der Waals surface area contributed by atoms with Crippen LogP contribution in [0.15, 0.2) is 53.4 Å². The maximum atomic E-state index is 13.1. The summed E-state index contributed by atoms with van der Waals surface area (Å²) in [5.41, 5.74) is 1.33. The molecule has 0 saturated carbocycles. The van der Waals surface area contributed by atoms with Gasteiger partial charge >= 0.3 is 0 Å². The van der Waals surface area contributed by atoms with Crippen LogP contribution in [0.2, 0.25) is 0 Å². The third-order valence-electron chi connectivity index (χ3n) is 5.62. The van der Waals surface area contributed by atoms with Gasteiger partial charge in [0.05, 0.1) is 9.82 Å². The van der Waals surface area contributed by atoms with Crippen molar-refractivity contribution in [3.8, 4) is 11.6 Å². The molecule has 1 aliphatic heterocycles. The minimum atomic E-state index is -3.86. The van der Waals surface area contributed by atoms with Crippen molar-refractivity contribution in [1.29, 1.82) is 0 Å². The average Bonchev–Trinajstić information content (AvgIpc) is 2.80. The van der Waals surface area contributed by atoms with E-state index in [0.29, 0.717) is 41.9 Å². The Labute approximate surface area is 198 Å². The lowest BCUT2D eigenvalue weighted by molar-refractivity contribution is -0.385. The number of nitro groups is 1. The zero-order chi connectivity index (χ0) is 24.5. The van der Waals surface area contributed by atoms with Crippen LogP contribution in [0, 0.1) is 30.9 Å². The zero-order valence-corrected chi connectivity index (χ0v) is 19.9. The number of anilines is 1. The summed E-state index contributed by atoms with van der Waals surface area (Å²) in [5, 5.41) is 11.2. The Hall–Kier alpha value is -3.57. The molecule has 2 aromatic carbocycles. The molecular weight excluding hydrogens is 458 g/mol. The van der Waals surface area contributed by atoms with E-state index in [9.17, 15) is 18.5 Å². The molecule has 11 heteroatoms.